The van der Waals surface area contributed by atoms with Crippen molar-refractivity contribution >= 4 is 0 Å². The fraction of sp³-hybridized carbons (Fsp3) is 0.538. The quantitative estimate of drug-likeness (QED) is 0.672. The van der Waals surface area contributed by atoms with Gasteiger partial charge in [-0.15, -0.1) is 0 Å². The molecule has 3 N–H and O–H groups in total. The first-order valence-electron chi connectivity index (χ1n) is 5.88. The van der Waals surface area contributed by atoms with Gasteiger partial charge in [0.15, 0.2) is 0 Å². The topological polar surface area (TPSA) is 52.5 Å². The number of rotatable bonds is 6. The van der Waals surface area contributed by atoms with Crippen LogP contribution in [0.3, 0.4) is 0 Å². The van der Waals surface area contributed by atoms with E-state index >= 15 is 0 Å². The molecule has 1 atom stereocenters. The monoisotopic (exact) mass is 221 g/mol. The Bertz CT molecular complexity index is 336. The second-order valence-electron chi connectivity index (χ2n) is 4.44. The van der Waals surface area contributed by atoms with Gasteiger partial charge in [0, 0.05) is 13.1 Å². The van der Waals surface area contributed by atoms with Gasteiger partial charge in [0.25, 0.3) is 0 Å². The molecule has 1 aliphatic rings. The van der Waals surface area contributed by atoms with Crippen LogP contribution in [0.2, 0.25) is 0 Å². The van der Waals surface area contributed by atoms with Crippen LogP contribution in [0, 0.1) is 0 Å². The summed E-state index contributed by atoms with van der Waals surface area (Å²) in [5.41, 5.74) is 2.75. The van der Waals surface area contributed by atoms with Crippen LogP contribution in [-0.4, -0.2) is 29.5 Å². The van der Waals surface area contributed by atoms with E-state index in [0.29, 0.717) is 6.54 Å². The van der Waals surface area contributed by atoms with E-state index in [-0.39, 0.29) is 6.61 Å². The van der Waals surface area contributed by atoms with E-state index in [2.05, 4.69) is 23.5 Å². The average molecular weight is 221 g/mol. The van der Waals surface area contributed by atoms with Crippen molar-refractivity contribution in [3.05, 3.63) is 35.4 Å². The minimum absolute atomic E-state index is 0.183. The molecule has 88 valence electrons. The van der Waals surface area contributed by atoms with Crippen molar-refractivity contribution in [1.29, 1.82) is 0 Å². The standard InChI is InChI=1S/C13H19NO2/c15-9-12(16)8-14-7-11-3-1-2-4-13(11)10-5-6-10/h1-4,10,12,14-16H,5-9H2. The summed E-state index contributed by atoms with van der Waals surface area (Å²) in [6, 6.07) is 8.45. The van der Waals surface area contributed by atoms with Gasteiger partial charge < -0.3 is 15.5 Å². The van der Waals surface area contributed by atoms with Crippen LogP contribution in [0.15, 0.2) is 24.3 Å². The van der Waals surface area contributed by atoms with E-state index in [1.165, 1.54) is 24.0 Å². The van der Waals surface area contributed by atoms with Crippen molar-refractivity contribution < 1.29 is 10.2 Å². The smallest absolute Gasteiger partial charge is 0.0895 e. The third-order valence-electron chi connectivity index (χ3n) is 2.98. The lowest BCUT2D eigenvalue weighted by Gasteiger charge is -2.11. The highest BCUT2D eigenvalue weighted by atomic mass is 16.3. The van der Waals surface area contributed by atoms with Gasteiger partial charge in [-0.3, -0.25) is 0 Å². The van der Waals surface area contributed by atoms with Crippen molar-refractivity contribution in [1.82, 2.24) is 5.32 Å². The minimum atomic E-state index is -0.659. The molecular weight excluding hydrogens is 202 g/mol. The van der Waals surface area contributed by atoms with Crippen LogP contribution in [0.4, 0.5) is 0 Å². The van der Waals surface area contributed by atoms with Crippen LogP contribution in [0.5, 0.6) is 0 Å². The van der Waals surface area contributed by atoms with Crippen molar-refractivity contribution in [2.75, 3.05) is 13.2 Å². The zero-order valence-electron chi connectivity index (χ0n) is 9.39. The first kappa shape index (κ1) is 11.6. The molecule has 1 saturated carbocycles. The lowest BCUT2D eigenvalue weighted by molar-refractivity contribution is 0.0942. The van der Waals surface area contributed by atoms with Gasteiger partial charge in [-0.2, -0.15) is 0 Å². The maximum atomic E-state index is 9.21. The highest BCUT2D eigenvalue weighted by Gasteiger charge is 2.25. The third-order valence-corrected chi connectivity index (χ3v) is 2.98. The van der Waals surface area contributed by atoms with Crippen molar-refractivity contribution in [3.8, 4) is 0 Å². The molecule has 0 saturated heterocycles. The summed E-state index contributed by atoms with van der Waals surface area (Å²) in [4.78, 5) is 0. The summed E-state index contributed by atoms with van der Waals surface area (Å²) in [6.45, 7) is 1.02. The molecule has 0 heterocycles. The second-order valence-corrected chi connectivity index (χ2v) is 4.44. The summed E-state index contributed by atoms with van der Waals surface area (Å²) in [5.74, 6) is 0.751. The molecule has 0 radical (unpaired) electrons. The molecule has 16 heavy (non-hydrogen) atoms. The zero-order chi connectivity index (χ0) is 11.4. The van der Waals surface area contributed by atoms with Gasteiger partial charge in [0.05, 0.1) is 12.7 Å². The van der Waals surface area contributed by atoms with Crippen LogP contribution in [-0.2, 0) is 6.54 Å². The van der Waals surface area contributed by atoms with Crippen LogP contribution >= 0.6 is 0 Å². The van der Waals surface area contributed by atoms with E-state index in [9.17, 15) is 5.11 Å². The van der Waals surface area contributed by atoms with Crippen LogP contribution in [0.25, 0.3) is 0 Å². The third kappa shape index (κ3) is 3.04. The molecule has 1 unspecified atom stereocenters. The number of aliphatic hydroxyl groups excluding tert-OH is 2. The highest BCUT2D eigenvalue weighted by Crippen LogP contribution is 2.41. The van der Waals surface area contributed by atoms with Gasteiger partial charge in [-0.25, -0.2) is 0 Å². The molecule has 0 aromatic heterocycles. The lowest BCUT2D eigenvalue weighted by Crippen LogP contribution is -2.29. The maximum absolute atomic E-state index is 9.21. The van der Waals surface area contributed by atoms with E-state index in [0.717, 1.165) is 12.5 Å². The van der Waals surface area contributed by atoms with E-state index in [4.69, 9.17) is 5.11 Å². The Kier molecular flexibility index (Phi) is 3.93. The molecule has 0 spiro atoms. The Morgan fingerprint density at radius 3 is 2.75 bits per heavy atom. The first-order valence-corrected chi connectivity index (χ1v) is 5.88. The summed E-state index contributed by atoms with van der Waals surface area (Å²) in [5, 5.41) is 21.1. The predicted octanol–water partition coefficient (Wildman–Crippen LogP) is 1.01. The molecule has 2 rings (SSSR count). The van der Waals surface area contributed by atoms with E-state index in [1.807, 2.05) is 6.07 Å². The van der Waals surface area contributed by atoms with Gasteiger partial charge in [0.2, 0.25) is 0 Å². The fourth-order valence-corrected chi connectivity index (χ4v) is 1.93. The molecule has 1 aliphatic carbocycles. The van der Waals surface area contributed by atoms with Gasteiger partial charge >= 0.3 is 0 Å². The molecular formula is C13H19NO2. The molecule has 3 heteroatoms. The summed E-state index contributed by atoms with van der Waals surface area (Å²) < 4.78 is 0. The van der Waals surface area contributed by atoms with Gasteiger partial charge in [-0.1, -0.05) is 24.3 Å². The SMILES string of the molecule is OCC(O)CNCc1ccccc1C1CC1. The minimum Gasteiger partial charge on any atom is -0.394 e. The molecule has 3 nitrogen and oxygen atoms in total. The Morgan fingerprint density at radius 1 is 1.31 bits per heavy atom. The average Bonchev–Trinajstić information content (AvgIpc) is 3.13. The fourth-order valence-electron chi connectivity index (χ4n) is 1.93. The second kappa shape index (κ2) is 5.43. The number of benzene rings is 1. The zero-order valence-corrected chi connectivity index (χ0v) is 9.39. The Balaban J connectivity index is 1.88. The number of hydrogen-bond acceptors (Lipinski definition) is 3. The van der Waals surface area contributed by atoms with Crippen molar-refractivity contribution in [2.24, 2.45) is 0 Å². The number of nitrogens with one attached hydrogen (secondary N) is 1. The van der Waals surface area contributed by atoms with Gasteiger partial charge in [0.1, 0.15) is 0 Å². The van der Waals surface area contributed by atoms with E-state index in [1.54, 1.807) is 0 Å². The summed E-state index contributed by atoms with van der Waals surface area (Å²) in [6.07, 6.45) is 1.94. The molecule has 1 fully saturated rings. The molecule has 0 aliphatic heterocycles. The van der Waals surface area contributed by atoms with Gasteiger partial charge in [-0.05, 0) is 29.9 Å². The Labute approximate surface area is 96.1 Å². The largest absolute Gasteiger partial charge is 0.394 e. The first-order chi connectivity index (χ1) is 7.81. The van der Waals surface area contributed by atoms with Crippen LogP contribution in [0.1, 0.15) is 29.9 Å². The highest BCUT2D eigenvalue weighted by molar-refractivity contribution is 5.33. The maximum Gasteiger partial charge on any atom is 0.0895 e. The molecule has 1 aromatic rings. The van der Waals surface area contributed by atoms with Crippen LogP contribution < -0.4 is 5.32 Å². The predicted molar refractivity (Wildman–Crippen MR) is 63.2 cm³/mol. The van der Waals surface area contributed by atoms with Crippen molar-refractivity contribution in [3.63, 3.8) is 0 Å². The van der Waals surface area contributed by atoms with Crippen molar-refractivity contribution in [2.45, 2.75) is 31.4 Å². The molecule has 0 amide bonds. The summed E-state index contributed by atoms with van der Waals surface area (Å²) in [7, 11) is 0. The number of aliphatic hydroxyl groups is 2. The Morgan fingerprint density at radius 2 is 2.06 bits per heavy atom. The normalized spacial score (nSPS) is 17.4. The summed E-state index contributed by atoms with van der Waals surface area (Å²) >= 11 is 0. The molecule has 1 aromatic carbocycles. The molecule has 0 bridgehead atoms. The Hall–Kier alpha value is -0.900. The number of hydrogen-bond donors (Lipinski definition) is 3. The van der Waals surface area contributed by atoms with E-state index < -0.39 is 6.10 Å². The lowest BCUT2D eigenvalue weighted by atomic mass is 10.0.